The summed E-state index contributed by atoms with van der Waals surface area (Å²) in [7, 11) is 0. The van der Waals surface area contributed by atoms with Crippen molar-refractivity contribution in [2.24, 2.45) is 0 Å². The first kappa shape index (κ1) is 23.7. The Hall–Kier alpha value is -3.66. The Balaban J connectivity index is 1.23. The van der Waals surface area contributed by atoms with Gasteiger partial charge in [0.2, 0.25) is 5.88 Å². The van der Waals surface area contributed by atoms with Crippen LogP contribution in [-0.2, 0) is 11.1 Å². The van der Waals surface area contributed by atoms with Gasteiger partial charge in [0.1, 0.15) is 6.61 Å². The van der Waals surface area contributed by atoms with E-state index in [0.717, 1.165) is 52.7 Å². The van der Waals surface area contributed by atoms with Crippen LogP contribution >= 0.6 is 0 Å². The third-order valence-corrected chi connectivity index (χ3v) is 7.63. The quantitative estimate of drug-likeness (QED) is 0.304. The largest absolute Gasteiger partial charge is 0.476 e. The van der Waals surface area contributed by atoms with E-state index in [1.165, 1.54) is 19.3 Å². The van der Waals surface area contributed by atoms with Crippen LogP contribution in [0.2, 0.25) is 0 Å². The number of likely N-dealkylation sites (tertiary alicyclic amines) is 1. The molecule has 6 rings (SSSR count). The summed E-state index contributed by atoms with van der Waals surface area (Å²) in [6, 6.07) is 15.0. The molecule has 0 spiro atoms. The molecule has 1 saturated heterocycles. The van der Waals surface area contributed by atoms with Crippen LogP contribution in [0.4, 0.5) is 0 Å². The van der Waals surface area contributed by atoms with Crippen LogP contribution in [0, 0.1) is 0 Å². The Morgan fingerprint density at radius 2 is 1.68 bits per heavy atom. The minimum Gasteiger partial charge on any atom is -0.476 e. The number of pyridine rings is 1. The lowest BCUT2D eigenvalue weighted by molar-refractivity contribution is 0.180. The fourth-order valence-electron chi connectivity index (χ4n) is 4.97. The van der Waals surface area contributed by atoms with Gasteiger partial charge >= 0.3 is 0 Å². The number of ether oxygens (including phenoxy) is 1. The van der Waals surface area contributed by atoms with Gasteiger partial charge in [0, 0.05) is 53.3 Å². The van der Waals surface area contributed by atoms with Crippen LogP contribution in [0.1, 0.15) is 19.3 Å². The van der Waals surface area contributed by atoms with E-state index in [1.807, 2.05) is 54.9 Å². The highest BCUT2D eigenvalue weighted by Crippen LogP contribution is 2.34. The molecule has 1 unspecified atom stereocenters. The number of benzene rings is 2. The van der Waals surface area contributed by atoms with E-state index in [1.54, 1.807) is 23.0 Å². The number of hydrogen-bond acceptors (Lipinski definition) is 6. The van der Waals surface area contributed by atoms with Gasteiger partial charge in [-0.25, -0.2) is 18.7 Å². The molecule has 0 aliphatic carbocycles. The summed E-state index contributed by atoms with van der Waals surface area (Å²) in [5.41, 5.74) is 4.29. The fraction of sp³-hybridized carbons (Fsp3) is 0.250. The minimum atomic E-state index is -2.07. The molecule has 2 aromatic carbocycles. The maximum Gasteiger partial charge on any atom is 0.213 e. The Morgan fingerprint density at radius 3 is 2.46 bits per heavy atom. The number of hydrogen-bond donors (Lipinski definition) is 1. The average molecular weight is 514 g/mol. The van der Waals surface area contributed by atoms with Gasteiger partial charge in [-0.05, 0) is 49.0 Å². The lowest BCUT2D eigenvalue weighted by Gasteiger charge is -2.26. The van der Waals surface area contributed by atoms with E-state index in [9.17, 15) is 8.76 Å². The summed E-state index contributed by atoms with van der Waals surface area (Å²) < 4.78 is 29.1. The molecule has 37 heavy (non-hydrogen) atoms. The number of nitrogens with zero attached hydrogens (tertiary/aromatic N) is 5. The third kappa shape index (κ3) is 4.85. The molecule has 188 valence electrons. The maximum absolute atomic E-state index is 11.8. The van der Waals surface area contributed by atoms with Crippen LogP contribution in [0.3, 0.4) is 0 Å². The molecule has 8 nitrogen and oxygen atoms in total. The highest BCUT2D eigenvalue weighted by atomic mass is 32.2. The van der Waals surface area contributed by atoms with Gasteiger partial charge in [-0.1, -0.05) is 36.8 Å². The molecular formula is C28H27N5O3S. The standard InChI is InChI=1S/C28H27N5O3S/c34-37(35)26-10-9-23(22-6-2-3-7-24(22)26)25-18-31-33-19-21(17-30-28(25)33)20-8-11-27(29-16-20)36-15-14-32-12-4-1-5-13-32/h2-3,6-11,16-19H,1,4-5,12-15H2,(H,34,35). The first-order valence-electron chi connectivity index (χ1n) is 12.5. The highest BCUT2D eigenvalue weighted by molar-refractivity contribution is 7.79. The molecule has 1 atom stereocenters. The van der Waals surface area contributed by atoms with E-state index >= 15 is 0 Å². The van der Waals surface area contributed by atoms with Crippen molar-refractivity contribution in [3.8, 4) is 28.1 Å². The van der Waals surface area contributed by atoms with E-state index in [4.69, 9.17) is 9.72 Å². The summed E-state index contributed by atoms with van der Waals surface area (Å²) in [6.07, 6.45) is 11.2. The van der Waals surface area contributed by atoms with E-state index in [2.05, 4.69) is 15.0 Å². The second-order valence-corrected chi connectivity index (χ2v) is 10.1. The molecule has 1 aliphatic rings. The fourth-order valence-corrected chi connectivity index (χ4v) is 5.52. The third-order valence-electron chi connectivity index (χ3n) is 6.89. The molecule has 0 radical (unpaired) electrons. The van der Waals surface area contributed by atoms with Gasteiger partial charge in [-0.15, -0.1) is 0 Å². The van der Waals surface area contributed by atoms with Crippen molar-refractivity contribution in [2.45, 2.75) is 24.2 Å². The van der Waals surface area contributed by atoms with Gasteiger partial charge in [0.05, 0.1) is 11.1 Å². The predicted molar refractivity (Wildman–Crippen MR) is 144 cm³/mol. The van der Waals surface area contributed by atoms with E-state index in [0.29, 0.717) is 23.0 Å². The first-order chi connectivity index (χ1) is 18.2. The molecule has 0 amide bonds. The zero-order valence-electron chi connectivity index (χ0n) is 20.3. The SMILES string of the molecule is O=S(O)c1ccc(-c2cnn3cc(-c4ccc(OCCN5CCCCC5)nc4)cnc23)c2ccccc12. The van der Waals surface area contributed by atoms with Crippen molar-refractivity contribution in [3.05, 3.63) is 73.3 Å². The normalized spacial score (nSPS) is 15.3. The molecule has 0 bridgehead atoms. The van der Waals surface area contributed by atoms with Gasteiger partial charge < -0.3 is 9.29 Å². The second-order valence-electron chi connectivity index (χ2n) is 9.21. The van der Waals surface area contributed by atoms with Gasteiger partial charge in [-0.2, -0.15) is 5.10 Å². The Bertz CT molecular complexity index is 1580. The summed E-state index contributed by atoms with van der Waals surface area (Å²) in [6.45, 7) is 3.89. The van der Waals surface area contributed by atoms with Crippen LogP contribution in [0.15, 0.2) is 78.2 Å². The molecule has 9 heteroatoms. The van der Waals surface area contributed by atoms with E-state index in [-0.39, 0.29) is 0 Å². The van der Waals surface area contributed by atoms with Crippen molar-refractivity contribution in [1.82, 2.24) is 24.5 Å². The molecule has 5 aromatic rings. The van der Waals surface area contributed by atoms with Crippen LogP contribution in [-0.4, -0.2) is 59.5 Å². The zero-order valence-corrected chi connectivity index (χ0v) is 21.1. The molecule has 1 aliphatic heterocycles. The Kier molecular flexibility index (Phi) is 6.65. The van der Waals surface area contributed by atoms with Crippen LogP contribution in [0.5, 0.6) is 5.88 Å². The van der Waals surface area contributed by atoms with Crippen molar-refractivity contribution < 1.29 is 13.5 Å². The Morgan fingerprint density at radius 1 is 0.865 bits per heavy atom. The molecule has 4 heterocycles. The van der Waals surface area contributed by atoms with Gasteiger partial charge in [0.25, 0.3) is 0 Å². The zero-order chi connectivity index (χ0) is 25.2. The summed E-state index contributed by atoms with van der Waals surface area (Å²) in [4.78, 5) is 12.0. The van der Waals surface area contributed by atoms with Gasteiger partial charge in [0.15, 0.2) is 16.7 Å². The topological polar surface area (TPSA) is 92.8 Å². The number of piperidine rings is 1. The smallest absolute Gasteiger partial charge is 0.213 e. The molecule has 3 aromatic heterocycles. The second kappa shape index (κ2) is 10.4. The van der Waals surface area contributed by atoms with Gasteiger partial charge in [-0.3, -0.25) is 4.90 Å². The predicted octanol–water partition coefficient (Wildman–Crippen LogP) is 5.06. The molecule has 0 saturated carbocycles. The lowest BCUT2D eigenvalue weighted by atomic mass is 10.00. The van der Waals surface area contributed by atoms with Crippen LogP contribution in [0.25, 0.3) is 38.7 Å². The molecular weight excluding hydrogens is 486 g/mol. The maximum atomic E-state index is 11.8. The molecule has 1 fully saturated rings. The highest BCUT2D eigenvalue weighted by Gasteiger charge is 2.16. The first-order valence-corrected chi connectivity index (χ1v) is 13.6. The van der Waals surface area contributed by atoms with Crippen molar-refractivity contribution >= 4 is 27.5 Å². The minimum absolute atomic E-state index is 0.387. The van der Waals surface area contributed by atoms with Crippen molar-refractivity contribution in [1.29, 1.82) is 0 Å². The summed E-state index contributed by atoms with van der Waals surface area (Å²) in [5, 5.41) is 6.16. The number of fused-ring (bicyclic) bond motifs is 2. The summed E-state index contributed by atoms with van der Waals surface area (Å²) in [5.74, 6) is 0.621. The monoisotopic (exact) mass is 513 g/mol. The lowest BCUT2D eigenvalue weighted by Crippen LogP contribution is -2.33. The summed E-state index contributed by atoms with van der Waals surface area (Å²) >= 11 is -2.07. The Labute approximate surface area is 217 Å². The van der Waals surface area contributed by atoms with E-state index < -0.39 is 11.1 Å². The molecule has 1 N–H and O–H groups in total. The average Bonchev–Trinajstić information content (AvgIpc) is 3.36. The number of rotatable bonds is 7. The van der Waals surface area contributed by atoms with Crippen LogP contribution < -0.4 is 4.74 Å². The van der Waals surface area contributed by atoms with Crippen molar-refractivity contribution in [2.75, 3.05) is 26.2 Å². The van der Waals surface area contributed by atoms with Crippen molar-refractivity contribution in [3.63, 3.8) is 0 Å². The number of aromatic nitrogens is 4.